The Bertz CT molecular complexity index is 731. The molecular formula is C13H12N5O4S. The van der Waals surface area contributed by atoms with Gasteiger partial charge in [0.25, 0.3) is 5.69 Å². The second kappa shape index (κ2) is 6.58. The maximum Gasteiger partial charge on any atom is 0.339 e. The second-order valence-electron chi connectivity index (χ2n) is 4.63. The van der Waals surface area contributed by atoms with Crippen LogP contribution in [-0.4, -0.2) is 26.8 Å². The van der Waals surface area contributed by atoms with Gasteiger partial charge in [0.1, 0.15) is 6.61 Å². The van der Waals surface area contributed by atoms with Crippen LogP contribution in [0.4, 0.5) is 5.69 Å². The number of benzene rings is 1. The first-order chi connectivity index (χ1) is 10.9. The maximum absolute atomic E-state index is 12.3. The molecule has 1 aromatic heterocycles. The topological polar surface area (TPSA) is 145 Å². The highest BCUT2D eigenvalue weighted by atomic mass is 32.1. The van der Waals surface area contributed by atoms with Crippen LogP contribution in [0.3, 0.4) is 0 Å². The molecule has 0 bridgehead atoms. The Morgan fingerprint density at radius 1 is 1.52 bits per heavy atom. The lowest BCUT2D eigenvalue weighted by Gasteiger charge is -2.23. The third-order valence-corrected chi connectivity index (χ3v) is 3.86. The van der Waals surface area contributed by atoms with Gasteiger partial charge in [-0.2, -0.15) is 0 Å². The molecule has 1 atom stereocenters. The van der Waals surface area contributed by atoms with Crippen molar-refractivity contribution in [2.24, 2.45) is 5.73 Å². The fourth-order valence-electron chi connectivity index (χ4n) is 1.69. The first-order valence-corrected chi connectivity index (χ1v) is 7.12. The average Bonchev–Trinajstić information content (AvgIpc) is 3.06. The summed E-state index contributed by atoms with van der Waals surface area (Å²) in [6.07, 6.45) is 0. The lowest BCUT2D eigenvalue weighted by Crippen LogP contribution is -2.51. The number of hydrogen-bond donors (Lipinski definition) is 2. The fourth-order valence-corrected chi connectivity index (χ4v) is 2.33. The van der Waals surface area contributed by atoms with Crippen LogP contribution in [0.25, 0.3) is 0 Å². The molecule has 0 fully saturated rings. The summed E-state index contributed by atoms with van der Waals surface area (Å²) >= 11 is 0.925. The van der Waals surface area contributed by atoms with Gasteiger partial charge >= 0.3 is 5.97 Å². The van der Waals surface area contributed by atoms with Crippen molar-refractivity contribution in [3.05, 3.63) is 50.5 Å². The largest absolute Gasteiger partial charge is 0.459 e. The van der Waals surface area contributed by atoms with E-state index in [2.05, 4.69) is 15.7 Å². The Morgan fingerprint density at radius 3 is 2.65 bits per heavy atom. The number of nitro groups is 1. The van der Waals surface area contributed by atoms with Crippen LogP contribution in [0, 0.1) is 21.0 Å². The Balaban J connectivity index is 2.11. The summed E-state index contributed by atoms with van der Waals surface area (Å²) < 4.78 is 5.13. The van der Waals surface area contributed by atoms with Gasteiger partial charge < -0.3 is 15.9 Å². The lowest BCUT2D eigenvalue weighted by molar-refractivity contribution is -0.384. The van der Waals surface area contributed by atoms with E-state index in [4.69, 9.17) is 15.9 Å². The molecule has 1 unspecified atom stereocenters. The van der Waals surface area contributed by atoms with E-state index in [0.29, 0.717) is 5.56 Å². The number of non-ortho nitro benzene ring substituents is 1. The molecule has 0 aliphatic rings. The van der Waals surface area contributed by atoms with Crippen molar-refractivity contribution in [2.75, 3.05) is 0 Å². The smallest absolute Gasteiger partial charge is 0.339 e. The highest BCUT2D eigenvalue weighted by Crippen LogP contribution is 2.23. The van der Waals surface area contributed by atoms with Crippen LogP contribution in [0.15, 0.2) is 24.3 Å². The number of carbonyl (C=O) groups excluding carboxylic acids is 1. The van der Waals surface area contributed by atoms with Crippen molar-refractivity contribution < 1.29 is 14.5 Å². The summed E-state index contributed by atoms with van der Waals surface area (Å²) in [4.78, 5) is 22.3. The monoisotopic (exact) mass is 334 g/mol. The van der Waals surface area contributed by atoms with E-state index >= 15 is 0 Å². The highest BCUT2D eigenvalue weighted by Gasteiger charge is 2.43. The third kappa shape index (κ3) is 3.38. The zero-order valence-electron chi connectivity index (χ0n) is 12.0. The van der Waals surface area contributed by atoms with Gasteiger partial charge in [0.15, 0.2) is 10.5 Å². The predicted molar refractivity (Wildman–Crippen MR) is 80.9 cm³/mol. The van der Waals surface area contributed by atoms with E-state index in [1.165, 1.54) is 31.2 Å². The third-order valence-electron chi connectivity index (χ3n) is 3.09. The van der Waals surface area contributed by atoms with Crippen LogP contribution >= 0.6 is 11.3 Å². The summed E-state index contributed by atoms with van der Waals surface area (Å²) in [7, 11) is 0. The highest BCUT2D eigenvalue weighted by molar-refractivity contribution is 7.09. The number of nitrogens with one attached hydrogen (secondary N) is 1. The first kappa shape index (κ1) is 16.6. The van der Waals surface area contributed by atoms with Crippen molar-refractivity contribution in [3.63, 3.8) is 0 Å². The molecule has 0 amide bonds. The van der Waals surface area contributed by atoms with E-state index < -0.39 is 16.4 Å². The Labute approximate surface area is 134 Å². The summed E-state index contributed by atoms with van der Waals surface area (Å²) in [6, 6.07) is 5.56. The minimum absolute atomic E-state index is 0.0621. The molecule has 1 aromatic carbocycles. The van der Waals surface area contributed by atoms with Crippen molar-refractivity contribution >= 4 is 28.7 Å². The van der Waals surface area contributed by atoms with Gasteiger partial charge in [-0.25, -0.2) is 4.79 Å². The Kier molecular flexibility index (Phi) is 4.77. The molecule has 1 heterocycles. The zero-order valence-corrected chi connectivity index (χ0v) is 12.8. The van der Waals surface area contributed by atoms with Crippen molar-refractivity contribution in [3.8, 4) is 0 Å². The molecule has 0 aliphatic heterocycles. The molecule has 0 aliphatic carbocycles. The summed E-state index contributed by atoms with van der Waals surface area (Å²) in [5.41, 5.74) is 6.97. The van der Waals surface area contributed by atoms with Gasteiger partial charge in [0, 0.05) is 17.8 Å². The molecule has 119 valence electrons. The van der Waals surface area contributed by atoms with Gasteiger partial charge in [-0.05, 0) is 24.6 Å². The SMILES string of the molecule is CC(=N)C(N)(C(=O)OCc1ccc([N+](=O)[O-])cc1)c1nn[c]s1. The number of nitrogens with zero attached hydrogens (tertiary/aromatic N) is 3. The van der Waals surface area contributed by atoms with Gasteiger partial charge in [0.2, 0.25) is 5.54 Å². The first-order valence-electron chi connectivity index (χ1n) is 6.30. The summed E-state index contributed by atoms with van der Waals surface area (Å²) in [6.45, 7) is 1.24. The lowest BCUT2D eigenvalue weighted by atomic mass is 9.96. The van der Waals surface area contributed by atoms with Gasteiger partial charge in [-0.3, -0.25) is 10.1 Å². The normalized spacial score (nSPS) is 13.1. The molecule has 9 nitrogen and oxygen atoms in total. The van der Waals surface area contributed by atoms with Gasteiger partial charge in [-0.15, -0.1) is 10.2 Å². The zero-order chi connectivity index (χ0) is 17.0. The molecule has 2 aromatic rings. The maximum atomic E-state index is 12.3. The van der Waals surface area contributed by atoms with Crippen LogP contribution < -0.4 is 5.73 Å². The molecule has 10 heteroatoms. The van der Waals surface area contributed by atoms with Gasteiger partial charge in [0.05, 0.1) is 4.92 Å². The van der Waals surface area contributed by atoms with E-state index in [9.17, 15) is 14.9 Å². The standard InChI is InChI=1S/C13H12N5O4S/c1-8(14)13(15,11-17-16-7-23-11)12(19)22-6-9-2-4-10(5-3-9)18(20)21/h2-5,14H,6,15H2,1H3. The molecule has 2 rings (SSSR count). The molecule has 23 heavy (non-hydrogen) atoms. The second-order valence-corrected chi connectivity index (χ2v) is 5.40. The number of aromatic nitrogens is 2. The number of nitrogens with two attached hydrogens (primary N) is 1. The average molecular weight is 334 g/mol. The van der Waals surface area contributed by atoms with E-state index in [1.54, 1.807) is 0 Å². The fraction of sp³-hybridized carbons (Fsp3) is 0.231. The van der Waals surface area contributed by atoms with Gasteiger partial charge in [-0.1, -0.05) is 11.3 Å². The molecule has 3 N–H and O–H groups in total. The number of nitro benzene ring substituents is 1. The molecule has 0 saturated heterocycles. The molecule has 1 radical (unpaired) electrons. The number of hydrogen-bond acceptors (Lipinski definition) is 9. The number of carbonyl (C=O) groups is 1. The van der Waals surface area contributed by atoms with E-state index in [0.717, 1.165) is 11.3 Å². The van der Waals surface area contributed by atoms with Crippen molar-refractivity contribution in [1.82, 2.24) is 10.2 Å². The molecule has 0 spiro atoms. The Hall–Kier alpha value is -2.72. The van der Waals surface area contributed by atoms with Crippen LogP contribution in [0.1, 0.15) is 17.5 Å². The van der Waals surface area contributed by atoms with Crippen LogP contribution in [-0.2, 0) is 21.7 Å². The number of rotatable bonds is 6. The minimum atomic E-state index is -1.82. The number of esters is 1. The summed E-state index contributed by atoms with van der Waals surface area (Å²) in [5.74, 6) is -0.853. The quantitative estimate of drug-likeness (QED) is 0.349. The minimum Gasteiger partial charge on any atom is -0.459 e. The molecule has 0 saturated carbocycles. The summed E-state index contributed by atoms with van der Waals surface area (Å²) in [5, 5.41) is 25.6. The Morgan fingerprint density at radius 2 is 2.17 bits per heavy atom. The number of ether oxygens (including phenoxy) is 1. The predicted octanol–water partition coefficient (Wildman–Crippen LogP) is 1.18. The molecular weight excluding hydrogens is 322 g/mol. The van der Waals surface area contributed by atoms with Crippen molar-refractivity contribution in [2.45, 2.75) is 19.1 Å². The van der Waals surface area contributed by atoms with Crippen LogP contribution in [0.2, 0.25) is 0 Å². The van der Waals surface area contributed by atoms with Crippen LogP contribution in [0.5, 0.6) is 0 Å². The van der Waals surface area contributed by atoms with Crippen molar-refractivity contribution in [1.29, 1.82) is 5.41 Å². The van der Waals surface area contributed by atoms with E-state index in [-0.39, 0.29) is 23.0 Å². The van der Waals surface area contributed by atoms with E-state index in [1.807, 2.05) is 0 Å².